The van der Waals surface area contributed by atoms with Crippen molar-refractivity contribution in [3.8, 4) is 0 Å². The molecule has 0 bridgehead atoms. The first-order valence-electron chi connectivity index (χ1n) is 4.21. The predicted octanol–water partition coefficient (Wildman–Crippen LogP) is 2.80. The van der Waals surface area contributed by atoms with Gasteiger partial charge in [0.1, 0.15) is 0 Å². The monoisotopic (exact) mass is 154 g/mol. The lowest BCUT2D eigenvalue weighted by atomic mass is 10.4. The molecule has 0 unspecified atom stereocenters. The third kappa shape index (κ3) is 3.21. The van der Waals surface area contributed by atoms with E-state index in [1.807, 2.05) is 37.8 Å². The summed E-state index contributed by atoms with van der Waals surface area (Å²) in [5, 5.41) is 4.13. The molecule has 0 atom stereocenters. The maximum atomic E-state index is 4.13. The van der Waals surface area contributed by atoms with Gasteiger partial charge in [0.2, 0.25) is 0 Å². The molecule has 0 N–H and O–H groups in total. The molecule has 1 heterocycles. The van der Waals surface area contributed by atoms with Gasteiger partial charge in [0, 0.05) is 12.2 Å². The summed E-state index contributed by atoms with van der Waals surface area (Å²) in [5.74, 6) is 0. The lowest BCUT2D eigenvalue weighted by molar-refractivity contribution is 0.532. The summed E-state index contributed by atoms with van der Waals surface area (Å²) < 4.78 is 1.95. The summed E-state index contributed by atoms with van der Waals surface area (Å²) in [6, 6.07) is 0.485. The van der Waals surface area contributed by atoms with Crippen molar-refractivity contribution in [2.24, 2.45) is 0 Å². The van der Waals surface area contributed by atoms with E-state index in [-0.39, 0.29) is 0 Å². The Bertz CT molecular complexity index is 189. The van der Waals surface area contributed by atoms with Gasteiger partial charge < -0.3 is 0 Å². The second kappa shape index (κ2) is 4.94. The van der Waals surface area contributed by atoms with Crippen molar-refractivity contribution in [1.82, 2.24) is 9.78 Å². The van der Waals surface area contributed by atoms with Crippen LogP contribution in [0.4, 0.5) is 0 Å². The van der Waals surface area contributed by atoms with Gasteiger partial charge in [-0.05, 0) is 26.3 Å². The van der Waals surface area contributed by atoms with Gasteiger partial charge in [-0.15, -0.1) is 0 Å². The number of aromatic nitrogens is 2. The molecule has 0 saturated carbocycles. The molecule has 2 heteroatoms. The van der Waals surface area contributed by atoms with Gasteiger partial charge in [-0.3, -0.25) is 4.68 Å². The fourth-order valence-electron chi connectivity index (χ4n) is 0.715. The summed E-state index contributed by atoms with van der Waals surface area (Å²) in [4.78, 5) is 0. The Hall–Kier alpha value is -0.790. The molecule has 0 fully saturated rings. The van der Waals surface area contributed by atoms with Crippen LogP contribution >= 0.6 is 0 Å². The molecule has 11 heavy (non-hydrogen) atoms. The van der Waals surface area contributed by atoms with Crippen LogP contribution in [-0.4, -0.2) is 9.78 Å². The van der Waals surface area contributed by atoms with E-state index in [2.05, 4.69) is 18.9 Å². The van der Waals surface area contributed by atoms with Crippen molar-refractivity contribution in [2.45, 2.75) is 40.7 Å². The van der Waals surface area contributed by atoms with Crippen LogP contribution in [0.2, 0.25) is 0 Å². The Morgan fingerprint density at radius 1 is 1.36 bits per heavy atom. The van der Waals surface area contributed by atoms with Crippen molar-refractivity contribution in [3.05, 3.63) is 18.0 Å². The van der Waals surface area contributed by atoms with E-state index >= 15 is 0 Å². The Morgan fingerprint density at radius 3 is 2.09 bits per heavy atom. The number of hydrogen-bond acceptors (Lipinski definition) is 1. The molecule has 0 aromatic carbocycles. The van der Waals surface area contributed by atoms with Crippen LogP contribution < -0.4 is 0 Å². The Labute approximate surface area is 69.2 Å². The molecular weight excluding hydrogens is 136 g/mol. The molecule has 64 valence electrons. The molecule has 0 radical (unpaired) electrons. The third-order valence-electron chi connectivity index (χ3n) is 1.26. The minimum Gasteiger partial charge on any atom is -0.270 e. The maximum Gasteiger partial charge on any atom is 0.0519 e. The second-order valence-corrected chi connectivity index (χ2v) is 2.59. The highest BCUT2D eigenvalue weighted by atomic mass is 15.3. The molecule has 0 aliphatic rings. The molecule has 0 saturated heterocycles. The lowest BCUT2D eigenvalue weighted by Gasteiger charge is -2.02. The summed E-state index contributed by atoms with van der Waals surface area (Å²) in [6.07, 6.45) is 3.92. The summed E-state index contributed by atoms with van der Waals surface area (Å²) in [5.41, 5.74) is 1.23. The van der Waals surface area contributed by atoms with Gasteiger partial charge in [-0.25, -0.2) is 0 Å². The van der Waals surface area contributed by atoms with E-state index < -0.39 is 0 Å². The van der Waals surface area contributed by atoms with Crippen LogP contribution in [0.5, 0.6) is 0 Å². The fraction of sp³-hybridized carbons (Fsp3) is 0.667. The van der Waals surface area contributed by atoms with E-state index in [1.165, 1.54) is 5.56 Å². The fourth-order valence-corrected chi connectivity index (χ4v) is 0.715. The van der Waals surface area contributed by atoms with Crippen molar-refractivity contribution in [1.29, 1.82) is 0 Å². The second-order valence-electron chi connectivity index (χ2n) is 2.59. The normalized spacial score (nSPS) is 9.27. The first kappa shape index (κ1) is 10.2. The summed E-state index contributed by atoms with van der Waals surface area (Å²) in [6.45, 7) is 10.3. The Morgan fingerprint density at radius 2 is 1.91 bits per heavy atom. The highest BCUT2D eigenvalue weighted by Crippen LogP contribution is 2.02. The van der Waals surface area contributed by atoms with Gasteiger partial charge in [0.15, 0.2) is 0 Å². The predicted molar refractivity (Wildman–Crippen MR) is 48.7 cm³/mol. The van der Waals surface area contributed by atoms with Crippen molar-refractivity contribution >= 4 is 0 Å². The molecule has 0 aliphatic carbocycles. The molecule has 0 aliphatic heterocycles. The zero-order chi connectivity index (χ0) is 8.85. The minimum atomic E-state index is 0.485. The standard InChI is InChI=1S/C7H12N2.C2H6/c1-6(2)9-5-7(3)4-8-9;1-2/h4-6H,1-3H3;1-2H3. The molecule has 1 aromatic rings. The zero-order valence-electron chi connectivity index (χ0n) is 8.13. The SMILES string of the molecule is CC.Cc1cnn(C(C)C)c1. The highest BCUT2D eigenvalue weighted by Gasteiger charge is 1.95. The van der Waals surface area contributed by atoms with Crippen LogP contribution in [-0.2, 0) is 0 Å². The largest absolute Gasteiger partial charge is 0.270 e. The van der Waals surface area contributed by atoms with Gasteiger partial charge in [0.05, 0.1) is 6.20 Å². The van der Waals surface area contributed by atoms with Crippen molar-refractivity contribution in [2.75, 3.05) is 0 Å². The Balaban J connectivity index is 0.000000461. The van der Waals surface area contributed by atoms with E-state index in [4.69, 9.17) is 0 Å². The quantitative estimate of drug-likeness (QED) is 0.608. The molecule has 2 nitrogen and oxygen atoms in total. The van der Waals surface area contributed by atoms with Gasteiger partial charge in [-0.2, -0.15) is 5.10 Å². The smallest absolute Gasteiger partial charge is 0.0519 e. The summed E-state index contributed by atoms with van der Waals surface area (Å²) >= 11 is 0. The lowest BCUT2D eigenvalue weighted by Crippen LogP contribution is -1.99. The van der Waals surface area contributed by atoms with Crippen LogP contribution in [0.1, 0.15) is 39.3 Å². The maximum absolute atomic E-state index is 4.13. The molecule has 0 amide bonds. The topological polar surface area (TPSA) is 17.8 Å². The third-order valence-corrected chi connectivity index (χ3v) is 1.26. The van der Waals surface area contributed by atoms with Crippen molar-refractivity contribution in [3.63, 3.8) is 0 Å². The number of aryl methyl sites for hydroxylation is 1. The van der Waals surface area contributed by atoms with Crippen LogP contribution in [0.25, 0.3) is 0 Å². The van der Waals surface area contributed by atoms with Gasteiger partial charge in [-0.1, -0.05) is 13.8 Å². The highest BCUT2D eigenvalue weighted by molar-refractivity contribution is 4.99. The first-order valence-corrected chi connectivity index (χ1v) is 4.21. The van der Waals surface area contributed by atoms with E-state index in [0.29, 0.717) is 6.04 Å². The average Bonchev–Trinajstić information content (AvgIpc) is 2.40. The van der Waals surface area contributed by atoms with E-state index in [9.17, 15) is 0 Å². The van der Waals surface area contributed by atoms with Crippen molar-refractivity contribution < 1.29 is 0 Å². The zero-order valence-corrected chi connectivity index (χ0v) is 8.13. The van der Waals surface area contributed by atoms with E-state index in [1.54, 1.807) is 0 Å². The van der Waals surface area contributed by atoms with E-state index in [0.717, 1.165) is 0 Å². The molecular formula is C9H18N2. The molecule has 1 rings (SSSR count). The number of hydrogen-bond donors (Lipinski definition) is 0. The van der Waals surface area contributed by atoms with Crippen LogP contribution in [0.15, 0.2) is 12.4 Å². The average molecular weight is 154 g/mol. The first-order chi connectivity index (χ1) is 5.20. The van der Waals surface area contributed by atoms with Crippen LogP contribution in [0.3, 0.4) is 0 Å². The number of rotatable bonds is 1. The molecule has 1 aromatic heterocycles. The molecule has 0 spiro atoms. The number of nitrogens with zero attached hydrogens (tertiary/aromatic N) is 2. The van der Waals surface area contributed by atoms with Gasteiger partial charge in [0.25, 0.3) is 0 Å². The Kier molecular flexibility index (Phi) is 4.59. The minimum absolute atomic E-state index is 0.485. The summed E-state index contributed by atoms with van der Waals surface area (Å²) in [7, 11) is 0. The van der Waals surface area contributed by atoms with Crippen LogP contribution in [0, 0.1) is 6.92 Å². The van der Waals surface area contributed by atoms with Gasteiger partial charge >= 0.3 is 0 Å².